The van der Waals surface area contributed by atoms with Crippen LogP contribution in [0.3, 0.4) is 0 Å². The molecule has 0 unspecified atom stereocenters. The van der Waals surface area contributed by atoms with Crippen LogP contribution in [0.15, 0.2) is 45.1 Å². The Morgan fingerprint density at radius 1 is 1.15 bits per heavy atom. The van der Waals surface area contributed by atoms with E-state index in [0.717, 1.165) is 5.57 Å². The molecule has 0 radical (unpaired) electrons. The molecule has 1 saturated heterocycles. The number of benzene rings is 2. The summed E-state index contributed by atoms with van der Waals surface area (Å²) in [5, 5.41) is 49.2. The molecular weight excluding hydrogens is 722 g/mol. The van der Waals surface area contributed by atoms with Gasteiger partial charge in [0.25, 0.3) is 5.91 Å². The third-order valence-electron chi connectivity index (χ3n) is 9.05. The number of tetrazole rings is 1. The van der Waals surface area contributed by atoms with Crippen molar-refractivity contribution in [2.45, 2.75) is 84.2 Å². The van der Waals surface area contributed by atoms with Crippen LogP contribution in [0.4, 0.5) is 10.5 Å². The van der Waals surface area contributed by atoms with E-state index in [4.69, 9.17) is 29.1 Å². The third-order valence-corrected chi connectivity index (χ3v) is 9.05. The zero-order valence-electron chi connectivity index (χ0n) is 31.2. The summed E-state index contributed by atoms with van der Waals surface area (Å²) in [6, 6.07) is 5.62. The lowest BCUT2D eigenvalue weighted by atomic mass is 9.89. The Kier molecular flexibility index (Phi) is 11.8. The summed E-state index contributed by atoms with van der Waals surface area (Å²) < 4.78 is 28.1. The number of aromatic hydroxyl groups is 2. The highest BCUT2D eigenvalue weighted by Gasteiger charge is 2.53. The lowest BCUT2D eigenvalue weighted by molar-refractivity contribution is -0.304. The molecular formula is C36H43N7O12. The molecule has 3 heterocycles. The van der Waals surface area contributed by atoms with Crippen LogP contribution in [0.25, 0.3) is 11.0 Å². The molecule has 0 spiro atoms. The number of phenols is 1. The van der Waals surface area contributed by atoms with Crippen LogP contribution >= 0.6 is 0 Å². The van der Waals surface area contributed by atoms with E-state index in [2.05, 4.69) is 25.9 Å². The molecule has 294 valence electrons. The van der Waals surface area contributed by atoms with Crippen LogP contribution in [0, 0.1) is 6.92 Å². The average Bonchev–Trinajstić information content (AvgIpc) is 3.63. The minimum Gasteiger partial charge on any atom is -0.507 e. The molecule has 4 atom stereocenters. The maximum absolute atomic E-state index is 13.7. The number of rotatable bonds is 12. The van der Waals surface area contributed by atoms with Crippen molar-refractivity contribution < 1.29 is 53.1 Å². The Bertz CT molecular complexity index is 2180. The van der Waals surface area contributed by atoms with Gasteiger partial charge in [-0.25, -0.2) is 9.59 Å². The van der Waals surface area contributed by atoms with Gasteiger partial charge >= 0.3 is 11.7 Å². The van der Waals surface area contributed by atoms with Crippen molar-refractivity contribution in [3.05, 3.63) is 74.4 Å². The molecule has 19 nitrogen and oxygen atoms in total. The van der Waals surface area contributed by atoms with Gasteiger partial charge < -0.3 is 54.6 Å². The number of ether oxygens (including phenoxy) is 4. The molecule has 7 N–H and O–H groups in total. The number of anilines is 1. The Labute approximate surface area is 314 Å². The number of likely N-dealkylation sites (N-methyl/N-ethyl adjacent to an activating group) is 1. The number of hydrogen-bond donors (Lipinski definition) is 6. The lowest BCUT2D eigenvalue weighted by Gasteiger charge is -2.47. The number of aliphatic hydroxyl groups is 1. The number of hydrogen-bond acceptors (Lipinski definition) is 15. The van der Waals surface area contributed by atoms with Crippen molar-refractivity contribution in [1.29, 1.82) is 0 Å². The summed E-state index contributed by atoms with van der Waals surface area (Å²) in [6.45, 7) is 8.47. The molecule has 5 rings (SSSR count). The van der Waals surface area contributed by atoms with Crippen molar-refractivity contribution in [3.8, 4) is 17.2 Å². The Morgan fingerprint density at radius 3 is 2.49 bits per heavy atom. The molecule has 0 aliphatic carbocycles. The van der Waals surface area contributed by atoms with E-state index < -0.39 is 59.3 Å². The van der Waals surface area contributed by atoms with E-state index in [9.17, 15) is 34.5 Å². The normalized spacial score (nSPS) is 19.1. The summed E-state index contributed by atoms with van der Waals surface area (Å²) in [6.07, 6.45) is -4.32. The number of amides is 3. The van der Waals surface area contributed by atoms with Crippen molar-refractivity contribution in [2.75, 3.05) is 19.5 Å². The first-order valence-electron chi connectivity index (χ1n) is 17.0. The quantitative estimate of drug-likeness (QED) is 0.0892. The van der Waals surface area contributed by atoms with Crippen LogP contribution in [-0.2, 0) is 38.4 Å². The Morgan fingerprint density at radius 2 is 1.85 bits per heavy atom. The fourth-order valence-electron chi connectivity index (χ4n) is 6.21. The number of aromatic nitrogens is 4. The number of allylic oxidation sites excluding steroid dienone is 2. The predicted molar refractivity (Wildman–Crippen MR) is 193 cm³/mol. The number of aliphatic hydroxyl groups excluding tert-OH is 1. The van der Waals surface area contributed by atoms with Gasteiger partial charge in [-0.2, -0.15) is 5.21 Å². The molecule has 0 saturated carbocycles. The van der Waals surface area contributed by atoms with Gasteiger partial charge in [0.1, 0.15) is 23.2 Å². The maximum atomic E-state index is 13.7. The topological polar surface area (TPSA) is 275 Å². The molecule has 55 heavy (non-hydrogen) atoms. The molecule has 0 bridgehead atoms. The van der Waals surface area contributed by atoms with Gasteiger partial charge in [-0.05, 0) is 70.9 Å². The van der Waals surface area contributed by atoms with Crippen LogP contribution in [0.1, 0.15) is 60.6 Å². The fraction of sp³-hybridized carbons (Fsp3) is 0.417. The number of primary amides is 1. The predicted octanol–water partition coefficient (Wildman–Crippen LogP) is 2.34. The van der Waals surface area contributed by atoms with Crippen molar-refractivity contribution in [2.24, 2.45) is 5.73 Å². The van der Waals surface area contributed by atoms with Crippen molar-refractivity contribution >= 4 is 34.6 Å². The van der Waals surface area contributed by atoms with E-state index in [1.165, 1.54) is 50.2 Å². The largest absolute Gasteiger partial charge is 0.507 e. The Balaban J connectivity index is 1.43. The second-order valence-electron chi connectivity index (χ2n) is 13.8. The number of carbonyl (C=O) groups excluding carboxylic acids is 3. The SMILES string of the molecule is CO[C@@H]1[C@@H](OC(N)=O)[C@@H](O)[C@H](Oc2ccc3c(O)c(NC(=O)c4cc(CC=C(C)C)c(O)c(CN(C)C(=O)Cc5nn[nH]n5)c4)c(=O)oc3c2C)OC1(C)C. The highest BCUT2D eigenvalue weighted by Crippen LogP contribution is 2.39. The highest BCUT2D eigenvalue weighted by molar-refractivity contribution is 6.07. The van der Waals surface area contributed by atoms with E-state index in [-0.39, 0.29) is 70.3 Å². The number of nitrogens with zero attached hydrogens (tertiary/aromatic N) is 4. The second kappa shape index (κ2) is 16.1. The minimum atomic E-state index is -1.56. The number of aryl methyl sites for hydroxylation is 1. The van der Waals surface area contributed by atoms with E-state index >= 15 is 0 Å². The number of phenolic OH excluding ortho intramolecular Hbond substituents is 1. The molecule has 19 heteroatoms. The zero-order valence-corrected chi connectivity index (χ0v) is 31.2. The van der Waals surface area contributed by atoms with Gasteiger partial charge in [-0.3, -0.25) is 9.59 Å². The number of H-pyrrole nitrogens is 1. The van der Waals surface area contributed by atoms with Gasteiger partial charge in [0.05, 0.1) is 17.4 Å². The number of carbonyl (C=O) groups is 3. The molecule has 1 aliphatic rings. The van der Waals surface area contributed by atoms with Crippen LogP contribution in [-0.4, -0.2) is 103 Å². The third kappa shape index (κ3) is 8.69. The van der Waals surface area contributed by atoms with Crippen LogP contribution in [0.2, 0.25) is 0 Å². The standard InChI is InChI=1S/C36H43N7O12/c1-16(2)8-9-18-12-19(13-20(26(18)45)15-43(6)24(44)14-23-39-41-42-40-23)32(48)38-25-27(46)21-10-11-22(17(3)29(21)53-33(25)49)52-34-28(47)30(54-35(37)50)31(51-7)36(4,5)55-34/h8,10-13,28,30-31,34,45-47H,9,14-15H2,1-7H3,(H2,37,50)(H,38,48)(H,39,40,41,42)/t28-,30+,31-,34-/m1/s1. The fourth-order valence-corrected chi connectivity index (χ4v) is 6.21. The van der Waals surface area contributed by atoms with Gasteiger partial charge in [-0.15, -0.1) is 10.2 Å². The summed E-state index contributed by atoms with van der Waals surface area (Å²) in [5.41, 5.74) is 4.19. The Hall–Kier alpha value is -6.05. The zero-order chi connectivity index (χ0) is 40.4. The number of nitrogens with two attached hydrogens (primary N) is 1. The first-order valence-corrected chi connectivity index (χ1v) is 17.0. The van der Waals surface area contributed by atoms with Gasteiger partial charge in [0, 0.05) is 37.4 Å². The summed E-state index contributed by atoms with van der Waals surface area (Å²) in [4.78, 5) is 52.8. The van der Waals surface area contributed by atoms with Crippen molar-refractivity contribution in [3.63, 3.8) is 0 Å². The monoisotopic (exact) mass is 765 g/mol. The summed E-state index contributed by atoms with van der Waals surface area (Å²) in [5.74, 6) is -1.65. The van der Waals surface area contributed by atoms with E-state index in [1.54, 1.807) is 13.8 Å². The first kappa shape index (κ1) is 40.1. The van der Waals surface area contributed by atoms with E-state index in [1.807, 2.05) is 19.9 Å². The average molecular weight is 766 g/mol. The molecule has 2 aromatic heterocycles. The number of nitrogens with one attached hydrogen (secondary N) is 2. The summed E-state index contributed by atoms with van der Waals surface area (Å²) in [7, 11) is 2.87. The molecule has 1 aliphatic heterocycles. The lowest BCUT2D eigenvalue weighted by Crippen LogP contribution is -2.65. The van der Waals surface area contributed by atoms with Gasteiger partial charge in [0.15, 0.2) is 29.5 Å². The number of methoxy groups -OCH3 is 1. The molecule has 3 amide bonds. The number of fused-ring (bicyclic) bond motifs is 1. The maximum Gasteiger partial charge on any atom is 0.404 e. The molecule has 2 aromatic carbocycles. The van der Waals surface area contributed by atoms with Crippen LogP contribution < -0.4 is 21.4 Å². The first-order chi connectivity index (χ1) is 25.9. The molecule has 1 fully saturated rings. The van der Waals surface area contributed by atoms with Crippen molar-refractivity contribution in [1.82, 2.24) is 25.5 Å². The minimum absolute atomic E-state index is 0.0195. The summed E-state index contributed by atoms with van der Waals surface area (Å²) >= 11 is 0. The highest BCUT2D eigenvalue weighted by atomic mass is 16.7. The van der Waals surface area contributed by atoms with Gasteiger partial charge in [-0.1, -0.05) is 16.9 Å². The number of aromatic amines is 1. The van der Waals surface area contributed by atoms with Crippen LogP contribution in [0.5, 0.6) is 17.2 Å². The second-order valence-corrected chi connectivity index (χ2v) is 13.8. The molecule has 4 aromatic rings. The smallest absolute Gasteiger partial charge is 0.404 e. The van der Waals surface area contributed by atoms with E-state index in [0.29, 0.717) is 5.56 Å². The van der Waals surface area contributed by atoms with Gasteiger partial charge in [0.2, 0.25) is 12.2 Å².